The number of aromatic nitrogens is 1. The molecule has 28 heavy (non-hydrogen) atoms. The van der Waals surface area contributed by atoms with Crippen LogP contribution in [0.15, 0.2) is 60.7 Å². The van der Waals surface area contributed by atoms with Gasteiger partial charge in [-0.15, -0.1) is 0 Å². The van der Waals surface area contributed by atoms with Crippen molar-refractivity contribution >= 4 is 40.1 Å². The molecule has 7 heteroatoms. The zero-order valence-corrected chi connectivity index (χ0v) is 17.8. The summed E-state index contributed by atoms with van der Waals surface area (Å²) in [4.78, 5) is 17.0. The molecule has 0 atom stereocenters. The monoisotopic (exact) mass is 460 g/mol. The van der Waals surface area contributed by atoms with Crippen LogP contribution in [0, 0.1) is 6.92 Å². The van der Waals surface area contributed by atoms with Crippen LogP contribution in [-0.4, -0.2) is 34.9 Å². The van der Waals surface area contributed by atoms with Crippen LogP contribution in [0.4, 0.5) is 5.69 Å². The summed E-state index contributed by atoms with van der Waals surface area (Å²) in [5, 5.41) is 22.2. The molecule has 2 aromatic carbocycles. The quantitative estimate of drug-likeness (QED) is 0.474. The van der Waals surface area contributed by atoms with Gasteiger partial charge in [-0.3, -0.25) is 0 Å². The number of carbonyl (C=O) groups is 1. The molecule has 0 bridgehead atoms. The Bertz CT molecular complexity index is 967. The van der Waals surface area contributed by atoms with E-state index in [-0.39, 0.29) is 32.1 Å². The first-order valence-corrected chi connectivity index (χ1v) is 12.5. The number of rotatable bonds is 7. The Labute approximate surface area is 173 Å². The number of amides is 1. The van der Waals surface area contributed by atoms with Gasteiger partial charge in [-0.25, -0.2) is 0 Å². The standard InChI is InChI=1S/C21H20N2O3SSe/c1-14-20(25)15(12-24)11-17(22-14)13-27-28-19-10-6-5-9-18(19)21(26)23-16-7-3-2-4-8-16/h2-11,24-25H,12-13H2,1H3,(H,23,26). The summed E-state index contributed by atoms with van der Waals surface area (Å²) in [5.41, 5.74) is 3.24. The number of para-hydroxylation sites is 1. The van der Waals surface area contributed by atoms with Gasteiger partial charge in [-0.05, 0) is 0 Å². The predicted octanol–water partition coefficient (Wildman–Crippen LogP) is 3.02. The number of aliphatic hydroxyl groups is 1. The molecule has 0 aliphatic heterocycles. The van der Waals surface area contributed by atoms with Crippen molar-refractivity contribution in [2.75, 3.05) is 5.32 Å². The topological polar surface area (TPSA) is 82.5 Å². The summed E-state index contributed by atoms with van der Waals surface area (Å²) in [6.07, 6.45) is 0. The molecule has 0 radical (unpaired) electrons. The van der Waals surface area contributed by atoms with Crippen molar-refractivity contribution in [2.45, 2.75) is 19.3 Å². The molecule has 1 heterocycles. The van der Waals surface area contributed by atoms with Crippen LogP contribution in [0.5, 0.6) is 5.75 Å². The van der Waals surface area contributed by atoms with Crippen LogP contribution >= 0.6 is 10.2 Å². The maximum atomic E-state index is 12.7. The Kier molecular flexibility index (Phi) is 7.11. The number of pyridine rings is 1. The normalized spacial score (nSPS) is 10.6. The summed E-state index contributed by atoms with van der Waals surface area (Å²) >= 11 is 0.0114. The molecule has 0 aliphatic carbocycles. The third-order valence-electron chi connectivity index (χ3n) is 3.99. The van der Waals surface area contributed by atoms with E-state index in [1.165, 1.54) is 0 Å². The fraction of sp³-hybridized carbons (Fsp3) is 0.143. The van der Waals surface area contributed by atoms with Crippen LogP contribution < -0.4 is 9.78 Å². The maximum absolute atomic E-state index is 12.7. The zero-order chi connectivity index (χ0) is 19.9. The third-order valence-corrected chi connectivity index (χ3v) is 8.06. The number of hydrogen-bond donors (Lipinski definition) is 3. The van der Waals surface area contributed by atoms with Crippen molar-refractivity contribution in [2.24, 2.45) is 0 Å². The first kappa shape index (κ1) is 20.4. The number of hydrogen-bond acceptors (Lipinski definition) is 5. The molecule has 0 spiro atoms. The van der Waals surface area contributed by atoms with Gasteiger partial charge < -0.3 is 0 Å². The Hall–Kier alpha value is -2.31. The first-order valence-electron chi connectivity index (χ1n) is 8.62. The van der Waals surface area contributed by atoms with E-state index in [1.54, 1.807) is 23.2 Å². The van der Waals surface area contributed by atoms with Crippen molar-refractivity contribution in [3.63, 3.8) is 0 Å². The van der Waals surface area contributed by atoms with E-state index >= 15 is 0 Å². The molecule has 0 unspecified atom stereocenters. The molecule has 1 aromatic heterocycles. The molecular formula is C21H20N2O3SSe. The van der Waals surface area contributed by atoms with Gasteiger partial charge in [0.05, 0.1) is 0 Å². The summed E-state index contributed by atoms with van der Waals surface area (Å²) in [6, 6.07) is 18.7. The minimum absolute atomic E-state index is 0.0114. The van der Waals surface area contributed by atoms with Crippen molar-refractivity contribution in [3.8, 4) is 5.75 Å². The fourth-order valence-corrected chi connectivity index (χ4v) is 6.54. The Morgan fingerprint density at radius 1 is 1.14 bits per heavy atom. The molecule has 0 aliphatic rings. The van der Waals surface area contributed by atoms with E-state index in [1.807, 2.05) is 54.6 Å². The molecule has 0 saturated heterocycles. The predicted molar refractivity (Wildman–Crippen MR) is 114 cm³/mol. The molecule has 3 N–H and O–H groups in total. The molecule has 3 rings (SSSR count). The molecule has 0 saturated carbocycles. The molecule has 0 fully saturated rings. The van der Waals surface area contributed by atoms with E-state index in [2.05, 4.69) is 10.3 Å². The van der Waals surface area contributed by atoms with Gasteiger partial charge in [-0.2, -0.15) is 0 Å². The number of aryl methyl sites for hydroxylation is 1. The average Bonchev–Trinajstić information content (AvgIpc) is 2.71. The number of carbonyl (C=O) groups excluding carboxylic acids is 1. The Morgan fingerprint density at radius 3 is 2.61 bits per heavy atom. The average molecular weight is 459 g/mol. The SMILES string of the molecule is Cc1nc(CS[Se]c2ccccc2C(=O)Nc2ccccc2)cc(CO)c1O. The summed E-state index contributed by atoms with van der Waals surface area (Å²) in [5.74, 6) is 0.568. The van der Waals surface area contributed by atoms with Gasteiger partial charge in [0.15, 0.2) is 0 Å². The van der Waals surface area contributed by atoms with Gasteiger partial charge in [0.1, 0.15) is 0 Å². The second kappa shape index (κ2) is 9.75. The number of nitrogens with one attached hydrogen (secondary N) is 1. The van der Waals surface area contributed by atoms with E-state index in [4.69, 9.17) is 0 Å². The molecule has 144 valence electrons. The number of aromatic hydroxyl groups is 1. The third kappa shape index (κ3) is 5.14. The number of benzene rings is 2. The molecule has 5 nitrogen and oxygen atoms in total. The second-order valence-corrected chi connectivity index (χ2v) is 10.2. The van der Waals surface area contributed by atoms with Crippen molar-refractivity contribution in [1.29, 1.82) is 0 Å². The second-order valence-electron chi connectivity index (χ2n) is 6.03. The molecule has 3 aromatic rings. The first-order chi connectivity index (χ1) is 13.6. The number of aliphatic hydroxyl groups excluding tert-OH is 1. The van der Waals surface area contributed by atoms with Crippen LogP contribution in [0.2, 0.25) is 0 Å². The van der Waals surface area contributed by atoms with Crippen LogP contribution in [0.3, 0.4) is 0 Å². The van der Waals surface area contributed by atoms with Gasteiger partial charge in [0.25, 0.3) is 0 Å². The van der Waals surface area contributed by atoms with Gasteiger partial charge in [0.2, 0.25) is 0 Å². The van der Waals surface area contributed by atoms with Crippen LogP contribution in [0.1, 0.15) is 27.3 Å². The number of anilines is 1. The van der Waals surface area contributed by atoms with Crippen LogP contribution in [-0.2, 0) is 12.4 Å². The zero-order valence-electron chi connectivity index (χ0n) is 15.3. The van der Waals surface area contributed by atoms with Crippen molar-refractivity contribution in [1.82, 2.24) is 4.98 Å². The fourth-order valence-electron chi connectivity index (χ4n) is 2.60. The Balaban J connectivity index is 1.67. The summed E-state index contributed by atoms with van der Waals surface area (Å²) < 4.78 is 1.01. The van der Waals surface area contributed by atoms with Gasteiger partial charge >= 0.3 is 174 Å². The summed E-state index contributed by atoms with van der Waals surface area (Å²) in [7, 11) is 1.69. The van der Waals surface area contributed by atoms with E-state index in [0.29, 0.717) is 22.6 Å². The van der Waals surface area contributed by atoms with E-state index < -0.39 is 0 Å². The van der Waals surface area contributed by atoms with E-state index in [9.17, 15) is 15.0 Å². The minimum atomic E-state index is -0.222. The van der Waals surface area contributed by atoms with Crippen LogP contribution in [0.25, 0.3) is 0 Å². The van der Waals surface area contributed by atoms with Gasteiger partial charge in [-0.1, -0.05) is 0 Å². The summed E-state index contributed by atoms with van der Waals surface area (Å²) in [6.45, 7) is 1.50. The number of nitrogens with zero attached hydrogens (tertiary/aromatic N) is 1. The van der Waals surface area contributed by atoms with E-state index in [0.717, 1.165) is 15.8 Å². The van der Waals surface area contributed by atoms with Crippen molar-refractivity contribution < 1.29 is 15.0 Å². The Morgan fingerprint density at radius 2 is 1.86 bits per heavy atom. The molecule has 1 amide bonds. The van der Waals surface area contributed by atoms with Gasteiger partial charge in [0, 0.05) is 0 Å². The molecular weight excluding hydrogens is 439 g/mol. The van der Waals surface area contributed by atoms with Crippen molar-refractivity contribution in [3.05, 3.63) is 83.2 Å².